The highest BCUT2D eigenvalue weighted by molar-refractivity contribution is 5.83. The Labute approximate surface area is 438 Å². The number of likely N-dealkylation sites (N-methyl/N-ethyl adjacent to an activating group) is 1. The van der Waals surface area contributed by atoms with Crippen LogP contribution in [0.25, 0.3) is 0 Å². The number of carbonyl (C=O) groups excluding carboxylic acids is 2. The predicted molar refractivity (Wildman–Crippen MR) is 258 cm³/mol. The second-order valence-electron chi connectivity index (χ2n) is 21.8. The lowest BCUT2D eigenvalue weighted by Gasteiger charge is -2.49. The van der Waals surface area contributed by atoms with Gasteiger partial charge in [0.25, 0.3) is 0 Å². The quantitative estimate of drug-likeness (QED) is 0.0698. The molecular formula is C49H89NO25. The van der Waals surface area contributed by atoms with Crippen molar-refractivity contribution in [2.45, 2.75) is 234 Å². The maximum atomic E-state index is 14.1. The Morgan fingerprint density at radius 3 is 1.92 bits per heavy atom. The van der Waals surface area contributed by atoms with Crippen molar-refractivity contribution in [3.05, 3.63) is 0 Å². The fourth-order valence-electron chi connectivity index (χ4n) is 10.6. The number of methoxy groups -OCH3 is 1. The minimum atomic E-state index is -2.39. The summed E-state index contributed by atoms with van der Waals surface area (Å²) in [5.41, 5.74) is -4.84. The van der Waals surface area contributed by atoms with Crippen molar-refractivity contribution in [2.24, 2.45) is 23.7 Å². The number of carbonyl (C=O) groups is 3. The molecule has 0 aromatic heterocycles. The number of nitrogens with zero attached hydrogens (tertiary/aromatic N) is 1. The number of esters is 1. The molecule has 4 aliphatic rings. The zero-order chi connectivity index (χ0) is 57.6. The average Bonchev–Trinajstić information content (AvgIpc) is 3.35. The van der Waals surface area contributed by atoms with Gasteiger partial charge < -0.3 is 114 Å². The minimum Gasteiger partial charge on any atom is -0.479 e. The lowest BCUT2D eigenvalue weighted by molar-refractivity contribution is -0.326. The molecule has 75 heavy (non-hydrogen) atoms. The lowest BCUT2D eigenvalue weighted by atomic mass is 9.74. The van der Waals surface area contributed by atoms with Crippen molar-refractivity contribution >= 4 is 17.7 Å². The van der Waals surface area contributed by atoms with E-state index in [1.54, 1.807) is 41.5 Å². The first-order chi connectivity index (χ1) is 34.6. The average molecular weight is 1090 g/mol. The van der Waals surface area contributed by atoms with Crippen LogP contribution >= 0.6 is 0 Å². The molecule has 4 aliphatic heterocycles. The highest BCUT2D eigenvalue weighted by atomic mass is 16.7. The van der Waals surface area contributed by atoms with Crippen LogP contribution in [0.2, 0.25) is 0 Å². The standard InChI is InChI=1S/C37H67NO13.C12H22O12/c1-14-25-37(10,45)30(41)20(4)27(39)18(2)16-35(8,44)32(51-34-28(40)24(38(11)12)15-19(3)47-34)21(5)29(22(6)33(43)49-25)50-26-17-36(9,46-13)31(42)23(7)48-26;13-1-3(15)10(7(18)8(19)11(21)22)24-12-9(20)6(17)5(16)4(2-14)23-12/h18-26,28-32,34,40-42,44-45H,14-17H2,1-13H3;3-10,12-20H,1-2H2,(H,21,22)/t18-,19-,20+,21+,22-,23+,24+,25-,26?,28-,29+,30-,31+,32-,34?,35-,36-,37-;3-,4-,5-,6-,7-,8-,9-,10?,12+/m11/s1. The van der Waals surface area contributed by atoms with Crippen molar-refractivity contribution in [1.82, 2.24) is 4.90 Å². The van der Waals surface area contributed by atoms with Crippen LogP contribution in [0.5, 0.6) is 0 Å². The summed E-state index contributed by atoms with van der Waals surface area (Å²) in [4.78, 5) is 40.5. The second kappa shape index (κ2) is 27.8. The van der Waals surface area contributed by atoms with E-state index in [0.717, 1.165) is 0 Å². The number of cyclic esters (lactones) is 1. The van der Waals surface area contributed by atoms with Crippen LogP contribution in [0.15, 0.2) is 0 Å². The Hall–Kier alpha value is -2.23. The Morgan fingerprint density at radius 1 is 0.800 bits per heavy atom. The summed E-state index contributed by atoms with van der Waals surface area (Å²) in [6.45, 7) is 14.6. The zero-order valence-electron chi connectivity index (χ0n) is 45.3. The number of aliphatic carboxylic acids is 1. The van der Waals surface area contributed by atoms with Crippen LogP contribution in [-0.4, -0.2) is 268 Å². The van der Waals surface area contributed by atoms with Gasteiger partial charge in [0.2, 0.25) is 0 Å². The topological polar surface area (TPSA) is 412 Å². The van der Waals surface area contributed by atoms with Crippen LogP contribution in [-0.2, 0) is 52.3 Å². The van der Waals surface area contributed by atoms with E-state index in [1.807, 2.05) is 25.9 Å². The third kappa shape index (κ3) is 15.8. The molecule has 0 bridgehead atoms. The number of rotatable bonds is 15. The number of aliphatic hydroxyl groups is 13. The monoisotopic (exact) mass is 1090 g/mol. The first-order valence-corrected chi connectivity index (χ1v) is 25.5. The first kappa shape index (κ1) is 67.0. The van der Waals surface area contributed by atoms with Gasteiger partial charge in [0.15, 0.2) is 25.0 Å². The van der Waals surface area contributed by atoms with Gasteiger partial charge >= 0.3 is 11.9 Å². The number of hydrogen-bond donors (Lipinski definition) is 14. The Bertz CT molecular complexity index is 1790. The summed E-state index contributed by atoms with van der Waals surface area (Å²) in [5, 5.41) is 142. The number of ketones is 1. The predicted octanol–water partition coefficient (Wildman–Crippen LogP) is -3.88. The van der Waals surface area contributed by atoms with Crippen molar-refractivity contribution < 1.29 is 124 Å². The first-order valence-electron chi connectivity index (χ1n) is 25.5. The lowest BCUT2D eigenvalue weighted by Crippen LogP contribution is -2.61. The molecule has 4 heterocycles. The summed E-state index contributed by atoms with van der Waals surface area (Å²) in [7, 11) is 5.18. The zero-order valence-corrected chi connectivity index (χ0v) is 45.3. The van der Waals surface area contributed by atoms with E-state index in [9.17, 15) is 70.6 Å². The maximum Gasteiger partial charge on any atom is 0.335 e. The summed E-state index contributed by atoms with van der Waals surface area (Å²) in [5.74, 6) is -6.81. The highest BCUT2D eigenvalue weighted by Gasteiger charge is 2.54. The SMILES string of the molecule is CC[C@H]1OC(=O)[C@H](C)[C@@H](OC2C[C@@](C)(OC)[C@@H](O)[C@H](C)O2)[C@H](C)[C@@H](OC2O[C@H](C)C[C@H](N(C)C)[C@H]2O)[C@](C)(O)C[C@@H](C)C(=O)[C@H](C)[C@@H](O)[C@]1(C)O.O=C(O)[C@H](O)[C@@H](O)C(O[C@@H]1O[C@H](CO)[C@@H](O)[C@@H](O)[C@H]1O)[C@H](O)CO. The number of carboxylic acid groups (broad SMARTS) is 1. The molecule has 0 aliphatic carbocycles. The van der Waals surface area contributed by atoms with Crippen LogP contribution in [0.3, 0.4) is 0 Å². The van der Waals surface area contributed by atoms with Gasteiger partial charge in [0, 0.05) is 37.3 Å². The molecule has 27 atom stereocenters. The van der Waals surface area contributed by atoms with E-state index >= 15 is 0 Å². The van der Waals surface area contributed by atoms with E-state index in [0.29, 0.717) is 6.42 Å². The number of carboxylic acids is 1. The second-order valence-corrected chi connectivity index (χ2v) is 21.8. The molecule has 0 saturated carbocycles. The molecule has 26 nitrogen and oxygen atoms in total. The Balaban J connectivity index is 0.000000516. The van der Waals surface area contributed by atoms with E-state index < -0.39 is 182 Å². The van der Waals surface area contributed by atoms with E-state index in [1.165, 1.54) is 27.9 Å². The molecule has 0 spiro atoms. The van der Waals surface area contributed by atoms with Crippen molar-refractivity contribution in [3.8, 4) is 0 Å². The maximum absolute atomic E-state index is 14.1. The Morgan fingerprint density at radius 2 is 1.40 bits per heavy atom. The number of aliphatic hydroxyl groups excluding tert-OH is 11. The van der Waals surface area contributed by atoms with Gasteiger partial charge in [-0.3, -0.25) is 9.59 Å². The molecule has 0 radical (unpaired) electrons. The molecule has 14 N–H and O–H groups in total. The molecule has 3 unspecified atom stereocenters. The smallest absolute Gasteiger partial charge is 0.335 e. The fraction of sp³-hybridized carbons (Fsp3) is 0.939. The molecule has 440 valence electrons. The molecule has 0 amide bonds. The van der Waals surface area contributed by atoms with Crippen LogP contribution < -0.4 is 0 Å². The molecular weight excluding hydrogens is 1000 g/mol. The van der Waals surface area contributed by atoms with Crippen molar-refractivity contribution in [1.29, 1.82) is 0 Å². The van der Waals surface area contributed by atoms with Gasteiger partial charge in [0.05, 0.1) is 60.9 Å². The number of ether oxygens (including phenoxy) is 8. The van der Waals surface area contributed by atoms with Crippen LogP contribution in [0.4, 0.5) is 0 Å². The summed E-state index contributed by atoms with van der Waals surface area (Å²) in [6.07, 6.45) is -26.6. The summed E-state index contributed by atoms with van der Waals surface area (Å²) in [6, 6.07) is -0.324. The molecule has 0 aromatic carbocycles. The number of Topliss-reactive ketones (excluding diaryl/α,β-unsaturated/α-hetero) is 1. The van der Waals surface area contributed by atoms with Crippen LogP contribution in [0, 0.1) is 23.7 Å². The Kier molecular flexibility index (Phi) is 24.8. The molecule has 4 rings (SSSR count). The number of hydrogen-bond acceptors (Lipinski definition) is 25. The third-order valence-corrected chi connectivity index (χ3v) is 15.4. The molecule has 4 fully saturated rings. The van der Waals surface area contributed by atoms with E-state index in [-0.39, 0.29) is 31.4 Å². The largest absolute Gasteiger partial charge is 0.479 e. The van der Waals surface area contributed by atoms with Gasteiger partial charge in [-0.15, -0.1) is 0 Å². The summed E-state index contributed by atoms with van der Waals surface area (Å²) < 4.78 is 47.0. The van der Waals surface area contributed by atoms with Gasteiger partial charge in [-0.25, -0.2) is 4.79 Å². The molecule has 0 aromatic rings. The molecule has 26 heteroatoms. The van der Waals surface area contributed by atoms with Gasteiger partial charge in [-0.05, 0) is 74.9 Å². The normalized spacial score (nSPS) is 45.3. The van der Waals surface area contributed by atoms with E-state index in [2.05, 4.69) is 0 Å². The highest BCUT2D eigenvalue weighted by Crippen LogP contribution is 2.41. The van der Waals surface area contributed by atoms with Gasteiger partial charge in [-0.2, -0.15) is 0 Å². The van der Waals surface area contributed by atoms with Gasteiger partial charge in [0.1, 0.15) is 72.4 Å². The summed E-state index contributed by atoms with van der Waals surface area (Å²) >= 11 is 0. The van der Waals surface area contributed by atoms with E-state index in [4.69, 9.17) is 53.2 Å². The fourth-order valence-corrected chi connectivity index (χ4v) is 10.6. The van der Waals surface area contributed by atoms with Crippen molar-refractivity contribution in [2.75, 3.05) is 34.4 Å². The third-order valence-electron chi connectivity index (χ3n) is 15.4. The van der Waals surface area contributed by atoms with Gasteiger partial charge in [-0.1, -0.05) is 27.7 Å². The molecule has 4 saturated heterocycles. The minimum absolute atomic E-state index is 0.0936. The van der Waals surface area contributed by atoms with Crippen molar-refractivity contribution in [3.63, 3.8) is 0 Å². The van der Waals surface area contributed by atoms with Crippen LogP contribution in [0.1, 0.15) is 94.9 Å².